The Balaban J connectivity index is 1.24. The van der Waals surface area contributed by atoms with E-state index in [9.17, 15) is 4.79 Å². The Hall–Kier alpha value is -2.47. The average Bonchev–Trinajstić information content (AvgIpc) is 2.75. The molecule has 2 aliphatic rings. The summed E-state index contributed by atoms with van der Waals surface area (Å²) in [5.41, 5.74) is 2.27. The van der Waals surface area contributed by atoms with Gasteiger partial charge in [-0.15, -0.1) is 5.10 Å². The van der Waals surface area contributed by atoms with Crippen LogP contribution in [0.25, 0.3) is 0 Å². The van der Waals surface area contributed by atoms with Crippen molar-refractivity contribution in [2.75, 3.05) is 44.2 Å². The number of amides is 1. The van der Waals surface area contributed by atoms with Gasteiger partial charge in [-0.3, -0.25) is 9.69 Å². The number of carbonyl (C=O) groups excluding carboxylic acids is 1. The van der Waals surface area contributed by atoms with Gasteiger partial charge in [-0.25, -0.2) is 0 Å². The Labute approximate surface area is 167 Å². The molecule has 0 spiro atoms. The van der Waals surface area contributed by atoms with Crippen LogP contribution in [0.2, 0.25) is 0 Å². The molecule has 4 rings (SSSR count). The highest BCUT2D eigenvalue weighted by Crippen LogP contribution is 2.24. The van der Waals surface area contributed by atoms with Crippen LogP contribution < -0.4 is 4.90 Å². The van der Waals surface area contributed by atoms with E-state index >= 15 is 0 Å². The molecule has 0 N–H and O–H groups in total. The van der Waals surface area contributed by atoms with Gasteiger partial charge in [0.15, 0.2) is 5.82 Å². The van der Waals surface area contributed by atoms with Crippen molar-refractivity contribution in [2.45, 2.75) is 26.3 Å². The van der Waals surface area contributed by atoms with Crippen LogP contribution in [0.4, 0.5) is 5.82 Å². The molecule has 0 aliphatic carbocycles. The van der Waals surface area contributed by atoms with Crippen molar-refractivity contribution >= 4 is 11.7 Å². The topological polar surface area (TPSA) is 52.6 Å². The minimum Gasteiger partial charge on any atom is -0.355 e. The molecular formula is C22H29N5O. The molecule has 0 radical (unpaired) electrons. The number of hydrogen-bond donors (Lipinski definition) is 0. The number of hydrogen-bond acceptors (Lipinski definition) is 5. The maximum atomic E-state index is 13.0. The van der Waals surface area contributed by atoms with Crippen molar-refractivity contribution in [3.63, 3.8) is 0 Å². The van der Waals surface area contributed by atoms with E-state index in [2.05, 4.69) is 55.2 Å². The summed E-state index contributed by atoms with van der Waals surface area (Å²) < 4.78 is 0. The molecular weight excluding hydrogens is 350 g/mol. The van der Waals surface area contributed by atoms with Crippen molar-refractivity contribution in [3.05, 3.63) is 53.7 Å². The summed E-state index contributed by atoms with van der Waals surface area (Å²) in [7, 11) is 0. The van der Waals surface area contributed by atoms with E-state index in [1.165, 1.54) is 5.56 Å². The largest absolute Gasteiger partial charge is 0.355 e. The summed E-state index contributed by atoms with van der Waals surface area (Å²) >= 11 is 0. The van der Waals surface area contributed by atoms with E-state index in [0.29, 0.717) is 5.91 Å². The predicted octanol–water partition coefficient (Wildman–Crippen LogP) is 2.35. The fourth-order valence-electron chi connectivity index (χ4n) is 4.14. The fourth-order valence-corrected chi connectivity index (χ4v) is 4.14. The van der Waals surface area contributed by atoms with Gasteiger partial charge in [0.1, 0.15) is 0 Å². The van der Waals surface area contributed by atoms with E-state index in [0.717, 1.165) is 70.2 Å². The van der Waals surface area contributed by atoms with Gasteiger partial charge < -0.3 is 9.80 Å². The predicted molar refractivity (Wildman–Crippen MR) is 110 cm³/mol. The van der Waals surface area contributed by atoms with E-state index in [-0.39, 0.29) is 5.92 Å². The lowest BCUT2D eigenvalue weighted by Crippen LogP contribution is -2.51. The first-order chi connectivity index (χ1) is 13.7. The summed E-state index contributed by atoms with van der Waals surface area (Å²) in [6.07, 6.45) is 1.80. The van der Waals surface area contributed by atoms with Crippen LogP contribution in [0.3, 0.4) is 0 Å². The Bertz CT molecular complexity index is 763. The first-order valence-corrected chi connectivity index (χ1v) is 10.3. The number of aryl methyl sites for hydroxylation is 1. The molecule has 148 valence electrons. The first-order valence-electron chi connectivity index (χ1n) is 10.3. The summed E-state index contributed by atoms with van der Waals surface area (Å²) in [5.74, 6) is 1.41. The zero-order valence-corrected chi connectivity index (χ0v) is 16.6. The number of rotatable bonds is 4. The summed E-state index contributed by atoms with van der Waals surface area (Å²) in [6.45, 7) is 8.27. The molecule has 0 saturated carbocycles. The Morgan fingerprint density at radius 3 is 2.29 bits per heavy atom. The van der Waals surface area contributed by atoms with Crippen molar-refractivity contribution in [1.82, 2.24) is 20.0 Å². The van der Waals surface area contributed by atoms with Crippen LogP contribution in [0.15, 0.2) is 42.5 Å². The Morgan fingerprint density at radius 1 is 0.929 bits per heavy atom. The SMILES string of the molecule is Cc1ccc(N2CCC(C(=O)N3CCN(Cc4ccccc4)CC3)CC2)nn1. The maximum Gasteiger partial charge on any atom is 0.225 e. The second-order valence-electron chi connectivity index (χ2n) is 7.88. The molecule has 1 aromatic heterocycles. The van der Waals surface area contributed by atoms with Gasteiger partial charge in [0.25, 0.3) is 0 Å². The number of benzene rings is 1. The highest BCUT2D eigenvalue weighted by atomic mass is 16.2. The number of carbonyl (C=O) groups is 1. The van der Waals surface area contributed by atoms with Crippen LogP contribution in [0.5, 0.6) is 0 Å². The maximum absolute atomic E-state index is 13.0. The quantitative estimate of drug-likeness (QED) is 0.816. The van der Waals surface area contributed by atoms with Gasteiger partial charge in [0.2, 0.25) is 5.91 Å². The Morgan fingerprint density at radius 2 is 1.64 bits per heavy atom. The van der Waals surface area contributed by atoms with Gasteiger partial charge in [-0.2, -0.15) is 5.10 Å². The normalized spacial score (nSPS) is 19.0. The number of anilines is 1. The molecule has 28 heavy (non-hydrogen) atoms. The molecule has 6 nitrogen and oxygen atoms in total. The molecule has 2 fully saturated rings. The summed E-state index contributed by atoms with van der Waals surface area (Å²) in [5, 5.41) is 8.43. The molecule has 2 aliphatic heterocycles. The average molecular weight is 380 g/mol. The minimum atomic E-state index is 0.148. The molecule has 2 saturated heterocycles. The molecule has 0 unspecified atom stereocenters. The third kappa shape index (κ3) is 4.50. The standard InChI is InChI=1S/C22H29N5O/c1-18-7-8-21(24-23-18)26-11-9-20(10-12-26)22(28)27-15-13-25(14-16-27)17-19-5-3-2-4-6-19/h2-8,20H,9-17H2,1H3. The van der Waals surface area contributed by atoms with Crippen LogP contribution in [-0.4, -0.2) is 65.2 Å². The van der Waals surface area contributed by atoms with Gasteiger partial charge in [0, 0.05) is 51.7 Å². The second-order valence-corrected chi connectivity index (χ2v) is 7.88. The van der Waals surface area contributed by atoms with Crippen molar-refractivity contribution in [3.8, 4) is 0 Å². The monoisotopic (exact) mass is 379 g/mol. The lowest BCUT2D eigenvalue weighted by atomic mass is 9.95. The molecule has 6 heteroatoms. The van der Waals surface area contributed by atoms with E-state index in [4.69, 9.17) is 0 Å². The van der Waals surface area contributed by atoms with E-state index in [1.54, 1.807) is 0 Å². The first kappa shape index (κ1) is 18.9. The minimum absolute atomic E-state index is 0.148. The van der Waals surface area contributed by atoms with Crippen molar-refractivity contribution in [2.24, 2.45) is 5.92 Å². The highest BCUT2D eigenvalue weighted by Gasteiger charge is 2.30. The van der Waals surface area contributed by atoms with Crippen LogP contribution in [0, 0.1) is 12.8 Å². The highest BCUT2D eigenvalue weighted by molar-refractivity contribution is 5.79. The van der Waals surface area contributed by atoms with Gasteiger partial charge >= 0.3 is 0 Å². The zero-order valence-electron chi connectivity index (χ0n) is 16.6. The molecule has 1 amide bonds. The van der Waals surface area contributed by atoms with E-state index in [1.807, 2.05) is 19.1 Å². The Kier molecular flexibility index (Phi) is 5.86. The van der Waals surface area contributed by atoms with Gasteiger partial charge in [0.05, 0.1) is 5.69 Å². The number of nitrogens with zero attached hydrogens (tertiary/aromatic N) is 5. The third-order valence-corrected chi connectivity index (χ3v) is 5.88. The fraction of sp³-hybridized carbons (Fsp3) is 0.500. The van der Waals surface area contributed by atoms with Gasteiger partial charge in [-0.05, 0) is 37.5 Å². The van der Waals surface area contributed by atoms with Crippen LogP contribution in [-0.2, 0) is 11.3 Å². The molecule has 0 bridgehead atoms. The molecule has 1 aromatic carbocycles. The molecule has 0 atom stereocenters. The number of piperidine rings is 1. The summed E-state index contributed by atoms with van der Waals surface area (Å²) in [4.78, 5) is 19.7. The number of aromatic nitrogens is 2. The van der Waals surface area contributed by atoms with Crippen LogP contribution in [0.1, 0.15) is 24.1 Å². The molecule has 3 heterocycles. The van der Waals surface area contributed by atoms with Crippen LogP contribution >= 0.6 is 0 Å². The van der Waals surface area contributed by atoms with Gasteiger partial charge in [-0.1, -0.05) is 30.3 Å². The lowest BCUT2D eigenvalue weighted by Gasteiger charge is -2.38. The second kappa shape index (κ2) is 8.69. The lowest BCUT2D eigenvalue weighted by molar-refractivity contribution is -0.138. The smallest absolute Gasteiger partial charge is 0.225 e. The number of piperazine rings is 1. The van der Waals surface area contributed by atoms with Crippen molar-refractivity contribution in [1.29, 1.82) is 0 Å². The zero-order chi connectivity index (χ0) is 19.3. The van der Waals surface area contributed by atoms with E-state index < -0.39 is 0 Å². The van der Waals surface area contributed by atoms with Crippen molar-refractivity contribution < 1.29 is 4.79 Å². The third-order valence-electron chi connectivity index (χ3n) is 5.88. The summed E-state index contributed by atoms with van der Waals surface area (Å²) in [6, 6.07) is 14.6. The molecule has 2 aromatic rings.